The van der Waals surface area contributed by atoms with Crippen molar-refractivity contribution in [3.05, 3.63) is 29.8 Å². The SMILES string of the molecule is CC(C)C(NC(=O)C(Cc1ccc(O)cc1)NC(=O)C1CCCN1C(=O)C(N)CC(=O)O)C(=O)O. The highest BCUT2D eigenvalue weighted by Crippen LogP contribution is 2.20. The average Bonchev–Trinajstić information content (AvgIpc) is 3.26. The number of hydrogen-bond acceptors (Lipinski definition) is 7. The van der Waals surface area contributed by atoms with Gasteiger partial charge in [0, 0.05) is 13.0 Å². The third-order valence-corrected chi connectivity index (χ3v) is 5.79. The number of likely N-dealkylation sites (tertiary alicyclic amines) is 1. The van der Waals surface area contributed by atoms with Gasteiger partial charge in [-0.1, -0.05) is 26.0 Å². The number of carbonyl (C=O) groups is 5. The lowest BCUT2D eigenvalue weighted by atomic mass is 10.0. The summed E-state index contributed by atoms with van der Waals surface area (Å²) in [6, 6.07) is 1.36. The standard InChI is InChI=1S/C23H32N4O8/c1-12(2)19(23(34)35)26-20(31)16(10-13-5-7-14(28)8-6-13)25-21(32)17-4-3-9-27(17)22(33)15(24)11-18(29)30/h5-8,12,15-17,19,28H,3-4,9-11,24H2,1-2H3,(H,25,32)(H,26,31)(H,29,30)(H,34,35). The van der Waals surface area contributed by atoms with Crippen LogP contribution in [0.4, 0.5) is 0 Å². The van der Waals surface area contributed by atoms with Crippen LogP contribution in [0.1, 0.15) is 38.7 Å². The van der Waals surface area contributed by atoms with Gasteiger partial charge in [-0.25, -0.2) is 4.79 Å². The first-order chi connectivity index (χ1) is 16.4. The van der Waals surface area contributed by atoms with E-state index in [-0.39, 0.29) is 18.7 Å². The molecule has 0 radical (unpaired) electrons. The Morgan fingerprint density at radius 2 is 1.71 bits per heavy atom. The second kappa shape index (κ2) is 12.2. The van der Waals surface area contributed by atoms with Crippen LogP contribution >= 0.6 is 0 Å². The number of hydrogen-bond donors (Lipinski definition) is 6. The number of rotatable bonds is 11. The van der Waals surface area contributed by atoms with E-state index in [0.717, 1.165) is 0 Å². The van der Waals surface area contributed by atoms with E-state index in [2.05, 4.69) is 10.6 Å². The predicted octanol–water partition coefficient (Wildman–Crippen LogP) is -0.562. The normalized spacial score (nSPS) is 17.9. The van der Waals surface area contributed by atoms with E-state index in [4.69, 9.17) is 10.8 Å². The van der Waals surface area contributed by atoms with Crippen molar-refractivity contribution in [1.29, 1.82) is 0 Å². The molecule has 3 amide bonds. The van der Waals surface area contributed by atoms with Gasteiger partial charge in [0.05, 0.1) is 12.5 Å². The van der Waals surface area contributed by atoms with Gasteiger partial charge in [0.2, 0.25) is 17.7 Å². The smallest absolute Gasteiger partial charge is 0.326 e. The lowest BCUT2D eigenvalue weighted by molar-refractivity contribution is -0.144. The summed E-state index contributed by atoms with van der Waals surface area (Å²) in [7, 11) is 0. The quantitative estimate of drug-likeness (QED) is 0.234. The van der Waals surface area contributed by atoms with E-state index in [0.29, 0.717) is 18.4 Å². The number of nitrogens with one attached hydrogen (secondary N) is 2. The molecule has 0 bridgehead atoms. The molecule has 1 aromatic carbocycles. The molecule has 4 atom stereocenters. The minimum Gasteiger partial charge on any atom is -0.508 e. The molecule has 0 spiro atoms. The molecule has 0 aliphatic carbocycles. The summed E-state index contributed by atoms with van der Waals surface area (Å²) in [6.45, 7) is 3.48. The van der Waals surface area contributed by atoms with Crippen LogP contribution in [0.15, 0.2) is 24.3 Å². The highest BCUT2D eigenvalue weighted by atomic mass is 16.4. The predicted molar refractivity (Wildman–Crippen MR) is 123 cm³/mol. The summed E-state index contributed by atoms with van der Waals surface area (Å²) in [6.07, 6.45) is 0.213. The Morgan fingerprint density at radius 1 is 1.09 bits per heavy atom. The lowest BCUT2D eigenvalue weighted by Gasteiger charge is -2.28. The fourth-order valence-corrected chi connectivity index (χ4v) is 3.90. The van der Waals surface area contributed by atoms with Crippen molar-refractivity contribution in [1.82, 2.24) is 15.5 Å². The van der Waals surface area contributed by atoms with Gasteiger partial charge in [-0.2, -0.15) is 0 Å². The van der Waals surface area contributed by atoms with Crippen LogP contribution < -0.4 is 16.4 Å². The van der Waals surface area contributed by atoms with Crippen molar-refractivity contribution in [3.63, 3.8) is 0 Å². The van der Waals surface area contributed by atoms with Gasteiger partial charge in [-0.3, -0.25) is 19.2 Å². The van der Waals surface area contributed by atoms with Gasteiger partial charge >= 0.3 is 11.9 Å². The number of phenols is 1. The minimum absolute atomic E-state index is 0.00147. The summed E-state index contributed by atoms with van der Waals surface area (Å²) in [4.78, 5) is 62.5. The van der Waals surface area contributed by atoms with E-state index >= 15 is 0 Å². The van der Waals surface area contributed by atoms with Crippen molar-refractivity contribution in [2.45, 2.75) is 63.7 Å². The molecule has 0 saturated carbocycles. The molecule has 35 heavy (non-hydrogen) atoms. The molecule has 2 rings (SSSR count). The number of nitrogens with zero attached hydrogens (tertiary/aromatic N) is 1. The first-order valence-electron chi connectivity index (χ1n) is 11.3. The first-order valence-corrected chi connectivity index (χ1v) is 11.3. The van der Waals surface area contributed by atoms with Crippen molar-refractivity contribution >= 4 is 29.7 Å². The topological polar surface area (TPSA) is 199 Å². The molecule has 12 nitrogen and oxygen atoms in total. The Bertz CT molecular complexity index is 949. The number of aromatic hydroxyl groups is 1. The molecular weight excluding hydrogens is 460 g/mol. The van der Waals surface area contributed by atoms with Crippen molar-refractivity contribution in [2.24, 2.45) is 11.7 Å². The van der Waals surface area contributed by atoms with Gasteiger partial charge in [0.1, 0.15) is 23.9 Å². The van der Waals surface area contributed by atoms with Crippen LogP contribution in [-0.2, 0) is 30.4 Å². The van der Waals surface area contributed by atoms with Crippen LogP contribution in [0.3, 0.4) is 0 Å². The Labute approximate surface area is 202 Å². The molecule has 1 saturated heterocycles. The number of amides is 3. The maximum Gasteiger partial charge on any atom is 0.326 e. The molecular formula is C23H32N4O8. The highest BCUT2D eigenvalue weighted by Gasteiger charge is 2.38. The van der Waals surface area contributed by atoms with E-state index in [9.17, 15) is 34.2 Å². The fourth-order valence-electron chi connectivity index (χ4n) is 3.90. The minimum atomic E-state index is -1.31. The number of carboxylic acids is 2. The van der Waals surface area contributed by atoms with Crippen LogP contribution in [0.5, 0.6) is 5.75 Å². The molecule has 12 heteroatoms. The van der Waals surface area contributed by atoms with E-state index in [1.54, 1.807) is 26.0 Å². The molecule has 1 aliphatic rings. The first kappa shape index (κ1) is 27.6. The van der Waals surface area contributed by atoms with Gasteiger partial charge in [0.15, 0.2) is 0 Å². The van der Waals surface area contributed by atoms with Crippen molar-refractivity contribution < 1.29 is 39.3 Å². The van der Waals surface area contributed by atoms with Gasteiger partial charge in [0.25, 0.3) is 0 Å². The van der Waals surface area contributed by atoms with Crippen molar-refractivity contribution in [3.8, 4) is 5.75 Å². The zero-order valence-electron chi connectivity index (χ0n) is 19.6. The maximum absolute atomic E-state index is 13.1. The van der Waals surface area contributed by atoms with Crippen molar-refractivity contribution in [2.75, 3.05) is 6.54 Å². The average molecular weight is 493 g/mol. The van der Waals surface area contributed by atoms with Gasteiger partial charge < -0.3 is 36.6 Å². The van der Waals surface area contributed by atoms with E-state index < -0.39 is 66.2 Å². The number of carbonyl (C=O) groups excluding carboxylic acids is 3. The van der Waals surface area contributed by atoms with E-state index in [1.807, 2.05) is 0 Å². The molecule has 1 aromatic rings. The summed E-state index contributed by atoms with van der Waals surface area (Å²) in [5.74, 6) is -4.88. The summed E-state index contributed by atoms with van der Waals surface area (Å²) < 4.78 is 0. The molecule has 4 unspecified atom stereocenters. The zero-order chi connectivity index (χ0) is 26.3. The number of carboxylic acid groups (broad SMARTS) is 2. The Kier molecular flexibility index (Phi) is 9.58. The maximum atomic E-state index is 13.1. The molecule has 1 fully saturated rings. The second-order valence-electron chi connectivity index (χ2n) is 8.89. The summed E-state index contributed by atoms with van der Waals surface area (Å²) in [5.41, 5.74) is 6.29. The van der Waals surface area contributed by atoms with Crippen LogP contribution in [0.2, 0.25) is 0 Å². The molecule has 1 aliphatic heterocycles. The Hall–Kier alpha value is -3.67. The number of aliphatic carboxylic acids is 2. The fraction of sp³-hybridized carbons (Fsp3) is 0.522. The Morgan fingerprint density at radius 3 is 2.26 bits per heavy atom. The summed E-state index contributed by atoms with van der Waals surface area (Å²) in [5, 5.41) is 32.9. The molecule has 1 heterocycles. The number of phenolic OH excluding ortho intramolecular Hbond substituents is 1. The van der Waals surface area contributed by atoms with Crippen LogP contribution in [0, 0.1) is 5.92 Å². The third-order valence-electron chi connectivity index (χ3n) is 5.79. The van der Waals surface area contributed by atoms with E-state index in [1.165, 1.54) is 17.0 Å². The number of nitrogens with two attached hydrogens (primary N) is 1. The van der Waals surface area contributed by atoms with Crippen LogP contribution in [0.25, 0.3) is 0 Å². The van der Waals surface area contributed by atoms with Gasteiger partial charge in [-0.05, 0) is 36.5 Å². The molecule has 192 valence electrons. The van der Waals surface area contributed by atoms with Crippen LogP contribution in [-0.4, -0.2) is 80.6 Å². The monoisotopic (exact) mass is 492 g/mol. The zero-order valence-corrected chi connectivity index (χ0v) is 19.6. The third kappa shape index (κ3) is 7.67. The second-order valence-corrected chi connectivity index (χ2v) is 8.89. The Balaban J connectivity index is 2.22. The highest BCUT2D eigenvalue weighted by molar-refractivity contribution is 5.95. The number of benzene rings is 1. The van der Waals surface area contributed by atoms with Gasteiger partial charge in [-0.15, -0.1) is 0 Å². The molecule has 7 N–H and O–H groups in total. The lowest BCUT2D eigenvalue weighted by Crippen LogP contribution is -2.57. The summed E-state index contributed by atoms with van der Waals surface area (Å²) >= 11 is 0. The molecule has 0 aromatic heterocycles. The largest absolute Gasteiger partial charge is 0.508 e.